The lowest BCUT2D eigenvalue weighted by molar-refractivity contribution is -0.134. The molecule has 1 aromatic rings. The summed E-state index contributed by atoms with van der Waals surface area (Å²) in [5.74, 6) is 0.343. The van der Waals surface area contributed by atoms with E-state index < -0.39 is 0 Å². The SMILES string of the molecule is Cn1ncc(N2CCC[C@H](C(=O)N3CCCC3)C2)cc1=O. The maximum absolute atomic E-state index is 12.5. The number of aromatic nitrogens is 2. The van der Waals surface area contributed by atoms with Gasteiger partial charge in [-0.2, -0.15) is 5.10 Å². The Bertz CT molecular complexity index is 577. The molecular formula is C15H22N4O2. The van der Waals surface area contributed by atoms with Crippen LogP contribution in [0.25, 0.3) is 0 Å². The van der Waals surface area contributed by atoms with Crippen LogP contribution in [-0.4, -0.2) is 46.8 Å². The number of aryl methyl sites for hydroxylation is 1. The number of hydrogen-bond acceptors (Lipinski definition) is 4. The van der Waals surface area contributed by atoms with Gasteiger partial charge < -0.3 is 9.80 Å². The molecule has 2 saturated heterocycles. The third-order valence-electron chi connectivity index (χ3n) is 4.51. The summed E-state index contributed by atoms with van der Waals surface area (Å²) in [6.45, 7) is 3.40. The highest BCUT2D eigenvalue weighted by Crippen LogP contribution is 2.24. The van der Waals surface area contributed by atoms with Crippen LogP contribution in [0.1, 0.15) is 25.7 Å². The number of likely N-dealkylation sites (tertiary alicyclic amines) is 1. The van der Waals surface area contributed by atoms with Gasteiger partial charge in [0.15, 0.2) is 0 Å². The lowest BCUT2D eigenvalue weighted by Crippen LogP contribution is -2.44. The van der Waals surface area contributed by atoms with Crippen LogP contribution in [0.5, 0.6) is 0 Å². The Morgan fingerprint density at radius 3 is 2.71 bits per heavy atom. The van der Waals surface area contributed by atoms with Gasteiger partial charge in [0.2, 0.25) is 5.91 Å². The molecule has 0 radical (unpaired) electrons. The van der Waals surface area contributed by atoms with Crippen molar-refractivity contribution >= 4 is 11.6 Å². The fourth-order valence-electron chi connectivity index (χ4n) is 3.24. The molecule has 3 heterocycles. The summed E-state index contributed by atoms with van der Waals surface area (Å²) in [6, 6.07) is 1.61. The average Bonchev–Trinajstić information content (AvgIpc) is 3.04. The lowest BCUT2D eigenvalue weighted by atomic mass is 9.96. The van der Waals surface area contributed by atoms with Crippen molar-refractivity contribution in [2.45, 2.75) is 25.7 Å². The van der Waals surface area contributed by atoms with Crippen LogP contribution in [0, 0.1) is 5.92 Å². The second-order valence-electron chi connectivity index (χ2n) is 5.99. The molecule has 21 heavy (non-hydrogen) atoms. The molecule has 2 aliphatic rings. The minimum atomic E-state index is -0.111. The van der Waals surface area contributed by atoms with Gasteiger partial charge in [-0.1, -0.05) is 0 Å². The van der Waals surface area contributed by atoms with Crippen LogP contribution in [0.4, 0.5) is 5.69 Å². The topological polar surface area (TPSA) is 58.4 Å². The number of carbonyl (C=O) groups is 1. The average molecular weight is 290 g/mol. The fraction of sp³-hybridized carbons (Fsp3) is 0.667. The number of hydrogen-bond donors (Lipinski definition) is 0. The van der Waals surface area contributed by atoms with Crippen molar-refractivity contribution in [3.8, 4) is 0 Å². The molecule has 1 amide bonds. The molecule has 0 aliphatic carbocycles. The van der Waals surface area contributed by atoms with Gasteiger partial charge in [-0.05, 0) is 25.7 Å². The summed E-state index contributed by atoms with van der Waals surface area (Å²) in [5.41, 5.74) is 0.720. The van der Waals surface area contributed by atoms with E-state index in [1.807, 2.05) is 4.90 Å². The molecule has 1 atom stereocenters. The van der Waals surface area contributed by atoms with Crippen molar-refractivity contribution in [2.24, 2.45) is 13.0 Å². The van der Waals surface area contributed by atoms with Crippen molar-refractivity contribution in [1.29, 1.82) is 0 Å². The normalized spacial score (nSPS) is 22.6. The molecule has 3 rings (SSSR count). The summed E-state index contributed by atoms with van der Waals surface area (Å²) < 4.78 is 1.32. The maximum atomic E-state index is 12.5. The molecule has 0 bridgehead atoms. The Labute approximate surface area is 124 Å². The van der Waals surface area contributed by atoms with E-state index in [1.54, 1.807) is 19.3 Å². The number of anilines is 1. The predicted molar refractivity (Wildman–Crippen MR) is 80.2 cm³/mol. The third-order valence-corrected chi connectivity index (χ3v) is 4.51. The standard InChI is InChI=1S/C15H22N4O2/c1-17-14(20)9-13(10-16-17)19-8-4-5-12(11-19)15(21)18-6-2-3-7-18/h9-10,12H,2-8,11H2,1H3/t12-/m0/s1. The highest BCUT2D eigenvalue weighted by Gasteiger charge is 2.30. The Morgan fingerprint density at radius 1 is 1.24 bits per heavy atom. The van der Waals surface area contributed by atoms with Gasteiger partial charge in [-0.25, -0.2) is 4.68 Å². The van der Waals surface area contributed by atoms with Gasteiger partial charge in [0.25, 0.3) is 5.56 Å². The van der Waals surface area contributed by atoms with Crippen LogP contribution in [0.15, 0.2) is 17.1 Å². The Kier molecular flexibility index (Phi) is 3.94. The number of amides is 1. The minimum Gasteiger partial charge on any atom is -0.369 e. The second-order valence-corrected chi connectivity index (χ2v) is 5.99. The zero-order valence-electron chi connectivity index (χ0n) is 12.5. The van der Waals surface area contributed by atoms with Crippen LogP contribution in [0.3, 0.4) is 0 Å². The van der Waals surface area contributed by atoms with E-state index >= 15 is 0 Å². The van der Waals surface area contributed by atoms with E-state index in [-0.39, 0.29) is 17.4 Å². The van der Waals surface area contributed by atoms with Crippen molar-refractivity contribution in [3.05, 3.63) is 22.6 Å². The van der Waals surface area contributed by atoms with Gasteiger partial charge >= 0.3 is 0 Å². The van der Waals surface area contributed by atoms with Gasteiger partial charge in [0, 0.05) is 39.3 Å². The van der Waals surface area contributed by atoms with Crippen LogP contribution in [-0.2, 0) is 11.8 Å². The first-order valence-electron chi connectivity index (χ1n) is 7.72. The third kappa shape index (κ3) is 2.94. The van der Waals surface area contributed by atoms with Crippen LogP contribution >= 0.6 is 0 Å². The first-order chi connectivity index (χ1) is 10.1. The maximum Gasteiger partial charge on any atom is 0.268 e. The van der Waals surface area contributed by atoms with Crippen molar-refractivity contribution in [1.82, 2.24) is 14.7 Å². The largest absolute Gasteiger partial charge is 0.369 e. The number of rotatable bonds is 2. The van der Waals surface area contributed by atoms with Crippen molar-refractivity contribution in [2.75, 3.05) is 31.1 Å². The smallest absolute Gasteiger partial charge is 0.268 e. The van der Waals surface area contributed by atoms with Gasteiger partial charge in [-0.3, -0.25) is 9.59 Å². The van der Waals surface area contributed by atoms with E-state index in [9.17, 15) is 9.59 Å². The predicted octanol–water partition coefficient (Wildman–Crippen LogP) is 0.619. The Morgan fingerprint density at radius 2 is 2.00 bits per heavy atom. The highest BCUT2D eigenvalue weighted by molar-refractivity contribution is 5.80. The Balaban J connectivity index is 1.71. The Hall–Kier alpha value is -1.85. The van der Waals surface area contributed by atoms with Gasteiger partial charge in [-0.15, -0.1) is 0 Å². The first kappa shape index (κ1) is 14.1. The van der Waals surface area contributed by atoms with Crippen molar-refractivity contribution in [3.63, 3.8) is 0 Å². The molecule has 0 unspecified atom stereocenters. The van der Waals surface area contributed by atoms with Gasteiger partial charge in [0.1, 0.15) is 0 Å². The monoisotopic (exact) mass is 290 g/mol. The summed E-state index contributed by atoms with van der Waals surface area (Å²) in [7, 11) is 1.64. The summed E-state index contributed by atoms with van der Waals surface area (Å²) in [4.78, 5) is 28.3. The second kappa shape index (κ2) is 5.87. The van der Waals surface area contributed by atoms with E-state index in [0.717, 1.165) is 51.0 Å². The lowest BCUT2D eigenvalue weighted by Gasteiger charge is -2.35. The molecule has 0 N–H and O–H groups in total. The van der Waals surface area contributed by atoms with E-state index in [4.69, 9.17) is 0 Å². The molecule has 6 nitrogen and oxygen atoms in total. The summed E-state index contributed by atoms with van der Waals surface area (Å²) in [6.07, 6.45) is 5.90. The first-order valence-corrected chi connectivity index (χ1v) is 7.72. The molecule has 0 spiro atoms. The van der Waals surface area contributed by atoms with E-state index in [1.165, 1.54) is 4.68 Å². The van der Waals surface area contributed by atoms with Crippen LogP contribution in [0.2, 0.25) is 0 Å². The summed E-state index contributed by atoms with van der Waals surface area (Å²) in [5, 5.41) is 4.07. The molecule has 6 heteroatoms. The zero-order valence-corrected chi connectivity index (χ0v) is 12.5. The van der Waals surface area contributed by atoms with Crippen molar-refractivity contribution < 1.29 is 4.79 Å². The number of piperidine rings is 1. The van der Waals surface area contributed by atoms with E-state index in [0.29, 0.717) is 6.54 Å². The molecular weight excluding hydrogens is 268 g/mol. The van der Waals surface area contributed by atoms with Gasteiger partial charge in [0.05, 0.1) is 17.8 Å². The molecule has 0 saturated carbocycles. The molecule has 2 aliphatic heterocycles. The summed E-state index contributed by atoms with van der Waals surface area (Å²) >= 11 is 0. The number of carbonyl (C=O) groups excluding carboxylic acids is 1. The zero-order chi connectivity index (χ0) is 14.8. The molecule has 114 valence electrons. The number of nitrogens with zero attached hydrogens (tertiary/aromatic N) is 4. The molecule has 0 aromatic carbocycles. The highest BCUT2D eigenvalue weighted by atomic mass is 16.2. The van der Waals surface area contributed by atoms with E-state index in [2.05, 4.69) is 10.00 Å². The quantitative estimate of drug-likeness (QED) is 0.801. The van der Waals surface area contributed by atoms with Crippen LogP contribution < -0.4 is 10.5 Å². The molecule has 2 fully saturated rings. The minimum absolute atomic E-state index is 0.0564. The fourth-order valence-corrected chi connectivity index (χ4v) is 3.24. The molecule has 1 aromatic heterocycles.